The zero-order chi connectivity index (χ0) is 18.2. The second-order valence-corrected chi connectivity index (χ2v) is 8.15. The number of carbonyl (C=O) groups is 1. The zero-order valence-electron chi connectivity index (χ0n) is 15.6. The van der Waals surface area contributed by atoms with Crippen LogP contribution < -0.4 is 4.74 Å². The van der Waals surface area contributed by atoms with Crippen molar-refractivity contribution in [2.45, 2.75) is 63.6 Å². The van der Waals surface area contributed by atoms with Crippen LogP contribution in [-0.4, -0.2) is 47.5 Å². The second kappa shape index (κ2) is 6.87. The van der Waals surface area contributed by atoms with Gasteiger partial charge in [0, 0.05) is 24.6 Å². The molecule has 0 radical (unpaired) electrons. The molecule has 3 rings (SSSR count). The molecule has 138 valence electrons. The number of benzene rings is 1. The molecule has 4 atom stereocenters. The molecular weight excluding hydrogens is 318 g/mol. The fourth-order valence-corrected chi connectivity index (χ4v) is 4.38. The summed E-state index contributed by atoms with van der Waals surface area (Å²) in [5, 5.41) is 10.1. The van der Waals surface area contributed by atoms with Gasteiger partial charge in [-0.1, -0.05) is 12.1 Å². The van der Waals surface area contributed by atoms with Crippen LogP contribution in [-0.2, 0) is 4.74 Å². The Bertz CT molecular complexity index is 607. The van der Waals surface area contributed by atoms with Gasteiger partial charge >= 0.3 is 6.09 Å². The highest BCUT2D eigenvalue weighted by Crippen LogP contribution is 2.47. The molecule has 0 aliphatic carbocycles. The third-order valence-electron chi connectivity index (χ3n) is 5.44. The molecule has 1 aromatic rings. The number of rotatable bonds is 3. The number of ether oxygens (including phenoxy) is 2. The molecular formula is C20H29NO4. The van der Waals surface area contributed by atoms with Crippen LogP contribution in [0.5, 0.6) is 5.75 Å². The number of hydrogen-bond acceptors (Lipinski definition) is 4. The molecule has 5 nitrogen and oxygen atoms in total. The van der Waals surface area contributed by atoms with Crippen LogP contribution in [0.4, 0.5) is 4.79 Å². The molecule has 1 N–H and O–H groups in total. The van der Waals surface area contributed by atoms with Gasteiger partial charge in [0.05, 0.1) is 7.11 Å². The molecule has 2 fully saturated rings. The Hall–Kier alpha value is -1.75. The average molecular weight is 347 g/mol. The lowest BCUT2D eigenvalue weighted by molar-refractivity contribution is -0.0123. The van der Waals surface area contributed by atoms with Crippen LogP contribution in [0, 0.1) is 5.92 Å². The predicted molar refractivity (Wildman–Crippen MR) is 95.8 cm³/mol. The van der Waals surface area contributed by atoms with Crippen molar-refractivity contribution in [1.82, 2.24) is 4.90 Å². The lowest BCUT2D eigenvalue weighted by atomic mass is 9.76. The van der Waals surface area contributed by atoms with Crippen molar-refractivity contribution < 1.29 is 19.4 Å². The lowest BCUT2D eigenvalue weighted by Gasteiger charge is -2.44. The minimum Gasteiger partial charge on any atom is -0.497 e. The molecule has 2 bridgehead atoms. The van der Waals surface area contributed by atoms with Gasteiger partial charge in [-0.15, -0.1) is 0 Å². The Kier molecular flexibility index (Phi) is 4.96. The summed E-state index contributed by atoms with van der Waals surface area (Å²) in [4.78, 5) is 14.6. The van der Waals surface area contributed by atoms with E-state index in [1.54, 1.807) is 7.11 Å². The second-order valence-electron chi connectivity index (χ2n) is 8.15. The Labute approximate surface area is 149 Å². The van der Waals surface area contributed by atoms with Crippen molar-refractivity contribution in [1.29, 1.82) is 0 Å². The zero-order valence-corrected chi connectivity index (χ0v) is 15.6. The molecule has 1 aromatic carbocycles. The molecule has 2 saturated heterocycles. The maximum Gasteiger partial charge on any atom is 0.410 e. The summed E-state index contributed by atoms with van der Waals surface area (Å²) in [7, 11) is 1.66. The van der Waals surface area contributed by atoms with Gasteiger partial charge in [-0.25, -0.2) is 4.79 Å². The average Bonchev–Trinajstić information content (AvgIpc) is 2.88. The summed E-state index contributed by atoms with van der Waals surface area (Å²) >= 11 is 0. The monoisotopic (exact) mass is 347 g/mol. The Balaban J connectivity index is 1.82. The van der Waals surface area contributed by atoms with E-state index in [9.17, 15) is 9.90 Å². The fourth-order valence-electron chi connectivity index (χ4n) is 4.38. The Morgan fingerprint density at radius 2 is 1.92 bits per heavy atom. The maximum atomic E-state index is 12.7. The molecule has 0 aromatic heterocycles. The first kappa shape index (κ1) is 18.1. The van der Waals surface area contributed by atoms with E-state index in [1.807, 2.05) is 37.8 Å². The molecule has 5 heteroatoms. The molecule has 2 aliphatic rings. The van der Waals surface area contributed by atoms with Crippen LogP contribution in [0.15, 0.2) is 24.3 Å². The SMILES string of the molecule is COc1ccc(C2CC3CCC(C2CO)N3C(=O)OC(C)(C)C)cc1. The highest BCUT2D eigenvalue weighted by atomic mass is 16.6. The number of amides is 1. The normalized spacial score (nSPS) is 28.8. The van der Waals surface area contributed by atoms with E-state index < -0.39 is 5.60 Å². The van der Waals surface area contributed by atoms with Gasteiger partial charge < -0.3 is 19.5 Å². The highest BCUT2D eigenvalue weighted by Gasteiger charge is 2.50. The standard InChI is InChI=1S/C20H29NO4/c1-20(2,3)25-19(23)21-14-7-10-18(21)17(12-22)16(11-14)13-5-8-15(24-4)9-6-13/h5-6,8-9,14,16-18,22H,7,10-12H2,1-4H3. The summed E-state index contributed by atoms with van der Waals surface area (Å²) in [5.41, 5.74) is 0.707. The van der Waals surface area contributed by atoms with Gasteiger partial charge in [0.2, 0.25) is 0 Å². The number of aliphatic hydroxyl groups is 1. The quantitative estimate of drug-likeness (QED) is 0.908. The van der Waals surface area contributed by atoms with Crippen LogP contribution >= 0.6 is 0 Å². The summed E-state index contributed by atoms with van der Waals surface area (Å²) in [6.07, 6.45) is 2.54. The Morgan fingerprint density at radius 1 is 1.24 bits per heavy atom. The van der Waals surface area contributed by atoms with Crippen LogP contribution in [0.3, 0.4) is 0 Å². The first-order valence-corrected chi connectivity index (χ1v) is 9.10. The molecule has 4 unspecified atom stereocenters. The number of nitrogens with zero attached hydrogens (tertiary/aromatic N) is 1. The van der Waals surface area contributed by atoms with Crippen molar-refractivity contribution in [3.63, 3.8) is 0 Å². The maximum absolute atomic E-state index is 12.7. The van der Waals surface area contributed by atoms with E-state index in [-0.39, 0.29) is 36.6 Å². The minimum absolute atomic E-state index is 0.0414. The van der Waals surface area contributed by atoms with Gasteiger partial charge in [-0.05, 0) is 63.6 Å². The molecule has 1 amide bonds. The number of fused-ring (bicyclic) bond motifs is 2. The molecule has 25 heavy (non-hydrogen) atoms. The summed E-state index contributed by atoms with van der Waals surface area (Å²) in [5.74, 6) is 1.13. The number of aliphatic hydroxyl groups excluding tert-OH is 1. The van der Waals surface area contributed by atoms with Gasteiger partial charge in [-0.3, -0.25) is 0 Å². The summed E-state index contributed by atoms with van der Waals surface area (Å²) < 4.78 is 10.9. The van der Waals surface area contributed by atoms with Crippen LogP contribution in [0.1, 0.15) is 51.5 Å². The largest absolute Gasteiger partial charge is 0.497 e. The van der Waals surface area contributed by atoms with E-state index in [4.69, 9.17) is 9.47 Å². The first-order valence-electron chi connectivity index (χ1n) is 9.10. The molecule has 2 aliphatic heterocycles. The van der Waals surface area contributed by atoms with Crippen molar-refractivity contribution in [2.75, 3.05) is 13.7 Å². The van der Waals surface area contributed by atoms with Gasteiger partial charge in [0.1, 0.15) is 11.4 Å². The van der Waals surface area contributed by atoms with Crippen molar-refractivity contribution in [2.24, 2.45) is 5.92 Å². The molecule has 0 spiro atoms. The smallest absolute Gasteiger partial charge is 0.410 e. The third kappa shape index (κ3) is 3.61. The molecule has 0 saturated carbocycles. The fraction of sp³-hybridized carbons (Fsp3) is 0.650. The van der Waals surface area contributed by atoms with Crippen LogP contribution in [0.2, 0.25) is 0 Å². The van der Waals surface area contributed by atoms with Gasteiger partial charge in [0.15, 0.2) is 0 Å². The third-order valence-corrected chi connectivity index (χ3v) is 5.44. The number of methoxy groups -OCH3 is 1. The predicted octanol–water partition coefficient (Wildman–Crippen LogP) is 3.56. The number of hydrogen-bond donors (Lipinski definition) is 1. The van der Waals surface area contributed by atoms with Gasteiger partial charge in [0.25, 0.3) is 0 Å². The molecule has 2 heterocycles. The van der Waals surface area contributed by atoms with Crippen molar-refractivity contribution in [3.05, 3.63) is 29.8 Å². The minimum atomic E-state index is -0.502. The van der Waals surface area contributed by atoms with Crippen molar-refractivity contribution in [3.8, 4) is 5.75 Å². The number of piperidine rings is 1. The summed E-state index contributed by atoms with van der Waals surface area (Å²) in [6, 6.07) is 8.32. The summed E-state index contributed by atoms with van der Waals surface area (Å²) in [6.45, 7) is 5.74. The number of carbonyl (C=O) groups excluding carboxylic acids is 1. The first-order chi connectivity index (χ1) is 11.8. The van der Waals surface area contributed by atoms with E-state index in [1.165, 1.54) is 5.56 Å². The van der Waals surface area contributed by atoms with E-state index in [2.05, 4.69) is 12.1 Å². The lowest BCUT2D eigenvalue weighted by Crippen LogP contribution is -2.53. The van der Waals surface area contributed by atoms with E-state index in [0.29, 0.717) is 0 Å². The Morgan fingerprint density at radius 3 is 2.48 bits per heavy atom. The van der Waals surface area contributed by atoms with Crippen LogP contribution in [0.25, 0.3) is 0 Å². The van der Waals surface area contributed by atoms with E-state index >= 15 is 0 Å². The van der Waals surface area contributed by atoms with E-state index in [0.717, 1.165) is 25.0 Å². The highest BCUT2D eigenvalue weighted by molar-refractivity contribution is 5.70. The topological polar surface area (TPSA) is 59.0 Å². The van der Waals surface area contributed by atoms with Gasteiger partial charge in [-0.2, -0.15) is 0 Å². The van der Waals surface area contributed by atoms with Crippen molar-refractivity contribution >= 4 is 6.09 Å².